The zero-order valence-corrected chi connectivity index (χ0v) is 22.4. The SMILES string of the molecule is COc1cc(CC(=O)NCC(C)(C)CNC(=O)NCC(C)C(=O)O)ccc1NC(=O)Nc1ccccc1C. The minimum Gasteiger partial charge on any atom is -0.495 e. The van der Waals surface area contributed by atoms with Gasteiger partial charge < -0.3 is 36.4 Å². The van der Waals surface area contributed by atoms with Crippen LogP contribution >= 0.6 is 0 Å². The smallest absolute Gasteiger partial charge is 0.323 e. The average Bonchev–Trinajstić information content (AvgIpc) is 2.87. The lowest BCUT2D eigenvalue weighted by Gasteiger charge is -2.25. The van der Waals surface area contributed by atoms with Crippen molar-refractivity contribution in [2.75, 3.05) is 37.4 Å². The Hall–Kier alpha value is -4.28. The van der Waals surface area contributed by atoms with E-state index in [2.05, 4.69) is 26.6 Å². The molecule has 0 spiro atoms. The molecule has 0 saturated heterocycles. The summed E-state index contributed by atoms with van der Waals surface area (Å²) in [5.41, 5.74) is 2.35. The summed E-state index contributed by atoms with van der Waals surface area (Å²) in [6.45, 7) is 7.79. The number of para-hydroxylation sites is 1. The third kappa shape index (κ3) is 10.00. The fourth-order valence-corrected chi connectivity index (χ4v) is 3.30. The van der Waals surface area contributed by atoms with Crippen LogP contribution in [0.2, 0.25) is 0 Å². The molecule has 1 atom stereocenters. The minimum absolute atomic E-state index is 0.0213. The number of benzene rings is 2. The van der Waals surface area contributed by atoms with E-state index in [1.165, 1.54) is 14.0 Å². The normalized spacial score (nSPS) is 11.6. The van der Waals surface area contributed by atoms with Crippen molar-refractivity contribution in [3.05, 3.63) is 53.6 Å². The molecule has 0 aliphatic heterocycles. The molecule has 2 aromatic carbocycles. The molecule has 38 heavy (non-hydrogen) atoms. The summed E-state index contributed by atoms with van der Waals surface area (Å²) in [5.74, 6) is -1.46. The minimum atomic E-state index is -0.986. The van der Waals surface area contributed by atoms with Crippen LogP contribution in [-0.2, 0) is 16.0 Å². The van der Waals surface area contributed by atoms with E-state index in [0.29, 0.717) is 29.2 Å². The fraction of sp³-hybridized carbons (Fsp3) is 0.407. The first-order valence-corrected chi connectivity index (χ1v) is 12.2. The number of urea groups is 2. The second kappa shape index (κ2) is 13.9. The van der Waals surface area contributed by atoms with Gasteiger partial charge in [-0.15, -0.1) is 0 Å². The number of carboxylic acid groups (broad SMARTS) is 1. The van der Waals surface area contributed by atoms with Gasteiger partial charge >= 0.3 is 18.0 Å². The number of carboxylic acids is 1. The van der Waals surface area contributed by atoms with Crippen molar-refractivity contribution in [3.8, 4) is 5.75 Å². The maximum atomic E-state index is 12.5. The van der Waals surface area contributed by atoms with Gasteiger partial charge in [-0.2, -0.15) is 0 Å². The molecule has 2 aromatic rings. The van der Waals surface area contributed by atoms with Gasteiger partial charge in [0.05, 0.1) is 25.1 Å². The summed E-state index contributed by atoms with van der Waals surface area (Å²) >= 11 is 0. The first-order valence-electron chi connectivity index (χ1n) is 12.2. The van der Waals surface area contributed by atoms with Gasteiger partial charge in [-0.1, -0.05) is 45.0 Å². The van der Waals surface area contributed by atoms with E-state index in [-0.39, 0.29) is 25.4 Å². The Bertz CT molecular complexity index is 1150. The monoisotopic (exact) mass is 527 g/mol. The van der Waals surface area contributed by atoms with Crippen LogP contribution in [-0.4, -0.2) is 55.8 Å². The molecule has 0 aromatic heterocycles. The highest BCUT2D eigenvalue weighted by Crippen LogP contribution is 2.26. The maximum Gasteiger partial charge on any atom is 0.323 e. The third-order valence-electron chi connectivity index (χ3n) is 5.75. The van der Waals surface area contributed by atoms with Gasteiger partial charge in [-0.25, -0.2) is 9.59 Å². The van der Waals surface area contributed by atoms with Crippen LogP contribution in [0.1, 0.15) is 31.9 Å². The van der Waals surface area contributed by atoms with E-state index in [9.17, 15) is 19.2 Å². The number of carbonyl (C=O) groups excluding carboxylic acids is 3. The Morgan fingerprint density at radius 3 is 2.24 bits per heavy atom. The van der Waals surface area contributed by atoms with Crippen LogP contribution in [0, 0.1) is 18.3 Å². The Kier molecular flexibility index (Phi) is 10.9. The molecule has 0 radical (unpaired) electrons. The number of methoxy groups -OCH3 is 1. The molecule has 1 unspecified atom stereocenters. The second-order valence-electron chi connectivity index (χ2n) is 9.85. The largest absolute Gasteiger partial charge is 0.495 e. The van der Waals surface area contributed by atoms with Crippen molar-refractivity contribution >= 4 is 35.3 Å². The topological polar surface area (TPSA) is 158 Å². The fourth-order valence-electron chi connectivity index (χ4n) is 3.30. The van der Waals surface area contributed by atoms with E-state index < -0.39 is 29.4 Å². The van der Waals surface area contributed by atoms with Gasteiger partial charge in [0.2, 0.25) is 5.91 Å². The van der Waals surface area contributed by atoms with Gasteiger partial charge in [0.15, 0.2) is 0 Å². The molecule has 206 valence electrons. The number of carbonyl (C=O) groups is 4. The summed E-state index contributed by atoms with van der Waals surface area (Å²) in [6, 6.07) is 11.7. The molecule has 0 heterocycles. The van der Waals surface area contributed by atoms with E-state index in [4.69, 9.17) is 9.84 Å². The number of rotatable bonds is 12. The average molecular weight is 528 g/mol. The van der Waals surface area contributed by atoms with Crippen molar-refractivity contribution < 1.29 is 29.0 Å². The van der Waals surface area contributed by atoms with Gasteiger partial charge in [0.25, 0.3) is 0 Å². The van der Waals surface area contributed by atoms with Gasteiger partial charge in [0, 0.05) is 25.3 Å². The van der Waals surface area contributed by atoms with Crippen LogP contribution in [0.4, 0.5) is 21.0 Å². The Morgan fingerprint density at radius 2 is 1.58 bits per heavy atom. The molecule has 0 saturated carbocycles. The number of aliphatic carboxylic acids is 1. The lowest BCUT2D eigenvalue weighted by Crippen LogP contribution is -2.46. The number of anilines is 2. The molecule has 5 amide bonds. The third-order valence-corrected chi connectivity index (χ3v) is 5.75. The predicted octanol–water partition coefficient (Wildman–Crippen LogP) is 3.35. The van der Waals surface area contributed by atoms with Crippen molar-refractivity contribution in [2.24, 2.45) is 11.3 Å². The van der Waals surface area contributed by atoms with E-state index in [1.807, 2.05) is 45.0 Å². The molecule has 2 rings (SSSR count). The van der Waals surface area contributed by atoms with Gasteiger partial charge in [0.1, 0.15) is 5.75 Å². The molecule has 11 heteroatoms. The Balaban J connectivity index is 1.84. The summed E-state index contributed by atoms with van der Waals surface area (Å²) in [7, 11) is 1.48. The number of hydrogen-bond acceptors (Lipinski definition) is 5. The van der Waals surface area contributed by atoms with Crippen LogP contribution in [0.15, 0.2) is 42.5 Å². The van der Waals surface area contributed by atoms with Crippen LogP contribution in [0.5, 0.6) is 5.75 Å². The van der Waals surface area contributed by atoms with Crippen LogP contribution in [0.25, 0.3) is 0 Å². The summed E-state index contributed by atoms with van der Waals surface area (Å²) in [5, 5.41) is 22.5. The predicted molar refractivity (Wildman–Crippen MR) is 146 cm³/mol. The van der Waals surface area contributed by atoms with Crippen molar-refractivity contribution in [2.45, 2.75) is 34.1 Å². The summed E-state index contributed by atoms with van der Waals surface area (Å²) in [6.07, 6.45) is 0.100. The van der Waals surface area contributed by atoms with Gasteiger partial charge in [-0.3, -0.25) is 9.59 Å². The van der Waals surface area contributed by atoms with E-state index >= 15 is 0 Å². The number of amides is 5. The molecule has 0 aliphatic carbocycles. The van der Waals surface area contributed by atoms with E-state index in [1.54, 1.807) is 18.2 Å². The molecule has 0 aliphatic rings. The van der Waals surface area contributed by atoms with E-state index in [0.717, 1.165) is 5.56 Å². The molecule has 6 N–H and O–H groups in total. The second-order valence-corrected chi connectivity index (χ2v) is 9.85. The maximum absolute atomic E-state index is 12.5. The number of ether oxygens (including phenoxy) is 1. The molecule has 11 nitrogen and oxygen atoms in total. The number of hydrogen-bond donors (Lipinski definition) is 6. The van der Waals surface area contributed by atoms with Gasteiger partial charge in [-0.05, 0) is 41.7 Å². The summed E-state index contributed by atoms with van der Waals surface area (Å²) in [4.78, 5) is 47.7. The first-order chi connectivity index (χ1) is 17.9. The summed E-state index contributed by atoms with van der Waals surface area (Å²) < 4.78 is 5.41. The zero-order valence-electron chi connectivity index (χ0n) is 22.4. The zero-order chi connectivity index (χ0) is 28.3. The lowest BCUT2D eigenvalue weighted by molar-refractivity contribution is -0.140. The highest BCUT2D eigenvalue weighted by Gasteiger charge is 2.21. The first kappa shape index (κ1) is 29.9. The standard InChI is InChI=1S/C27H37N5O6/c1-17-8-6-7-9-20(17)31-26(37)32-21-11-10-19(12-22(21)38-5)13-23(33)29-15-27(3,4)16-30-25(36)28-14-18(2)24(34)35/h6-12,18H,13-16H2,1-5H3,(H,29,33)(H,34,35)(H2,28,30,36)(H2,31,32,37). The lowest BCUT2D eigenvalue weighted by atomic mass is 9.93. The van der Waals surface area contributed by atoms with Crippen LogP contribution < -0.4 is 31.3 Å². The molecular formula is C27H37N5O6. The van der Waals surface area contributed by atoms with Crippen LogP contribution in [0.3, 0.4) is 0 Å². The number of aryl methyl sites for hydroxylation is 1. The quantitative estimate of drug-likeness (QED) is 0.248. The Morgan fingerprint density at radius 1 is 0.921 bits per heavy atom. The van der Waals surface area contributed by atoms with Crippen molar-refractivity contribution in [3.63, 3.8) is 0 Å². The molecular weight excluding hydrogens is 490 g/mol. The highest BCUT2D eigenvalue weighted by atomic mass is 16.5. The highest BCUT2D eigenvalue weighted by molar-refractivity contribution is 6.01. The Labute approximate surface area is 222 Å². The molecule has 0 fully saturated rings. The van der Waals surface area contributed by atoms with Crippen molar-refractivity contribution in [1.82, 2.24) is 16.0 Å². The number of nitrogens with one attached hydrogen (secondary N) is 5. The molecule has 0 bridgehead atoms. The van der Waals surface area contributed by atoms with Crippen molar-refractivity contribution in [1.29, 1.82) is 0 Å².